The van der Waals surface area contributed by atoms with Crippen molar-refractivity contribution in [1.82, 2.24) is 10.6 Å². The van der Waals surface area contributed by atoms with Crippen molar-refractivity contribution in [2.24, 2.45) is 0 Å². The van der Waals surface area contributed by atoms with Crippen LogP contribution in [0.5, 0.6) is 0 Å². The zero-order valence-electron chi connectivity index (χ0n) is 12.1. The van der Waals surface area contributed by atoms with E-state index in [4.69, 9.17) is 4.74 Å². The van der Waals surface area contributed by atoms with Gasteiger partial charge < -0.3 is 15.4 Å². The number of likely N-dealkylation sites (N-methyl/N-ethyl adjacent to an activating group) is 1. The average Bonchev–Trinajstić information content (AvgIpc) is 2.49. The molecule has 2 rings (SSSR count). The Labute approximate surface area is 120 Å². The maximum absolute atomic E-state index is 11.9. The minimum Gasteiger partial charge on any atom is -0.445 e. The van der Waals surface area contributed by atoms with E-state index >= 15 is 0 Å². The maximum atomic E-state index is 11.9. The Hall–Kier alpha value is -1.55. The molecular weight excluding hydrogens is 252 g/mol. The first-order valence-electron chi connectivity index (χ1n) is 7.50. The van der Waals surface area contributed by atoms with Crippen LogP contribution in [0.2, 0.25) is 0 Å². The molecule has 0 saturated heterocycles. The zero-order valence-corrected chi connectivity index (χ0v) is 12.1. The highest BCUT2D eigenvalue weighted by molar-refractivity contribution is 5.67. The van der Waals surface area contributed by atoms with Crippen molar-refractivity contribution in [1.29, 1.82) is 0 Å². The van der Waals surface area contributed by atoms with Gasteiger partial charge in [-0.15, -0.1) is 0 Å². The fourth-order valence-electron chi connectivity index (χ4n) is 2.73. The number of hydrogen-bond acceptors (Lipinski definition) is 3. The van der Waals surface area contributed by atoms with Gasteiger partial charge in [-0.25, -0.2) is 4.79 Å². The summed E-state index contributed by atoms with van der Waals surface area (Å²) in [5, 5.41) is 6.44. The highest BCUT2D eigenvalue weighted by Gasteiger charge is 2.25. The van der Waals surface area contributed by atoms with E-state index < -0.39 is 0 Å². The summed E-state index contributed by atoms with van der Waals surface area (Å²) in [6.45, 7) is 3.35. The largest absolute Gasteiger partial charge is 0.445 e. The molecule has 20 heavy (non-hydrogen) atoms. The third kappa shape index (κ3) is 4.53. The van der Waals surface area contributed by atoms with E-state index in [9.17, 15) is 4.79 Å². The molecule has 110 valence electrons. The number of ether oxygens (including phenoxy) is 1. The van der Waals surface area contributed by atoms with Crippen molar-refractivity contribution in [3.05, 3.63) is 35.9 Å². The molecule has 1 amide bonds. The lowest BCUT2D eigenvalue weighted by atomic mass is 9.90. The van der Waals surface area contributed by atoms with E-state index in [-0.39, 0.29) is 12.1 Å². The van der Waals surface area contributed by atoms with E-state index in [0.717, 1.165) is 24.9 Å². The third-order valence-electron chi connectivity index (χ3n) is 3.75. The van der Waals surface area contributed by atoms with Crippen molar-refractivity contribution in [3.8, 4) is 0 Å². The number of benzene rings is 1. The topological polar surface area (TPSA) is 50.4 Å². The smallest absolute Gasteiger partial charge is 0.407 e. The molecular formula is C16H24N2O2. The van der Waals surface area contributed by atoms with Gasteiger partial charge in [-0.2, -0.15) is 0 Å². The van der Waals surface area contributed by atoms with Crippen LogP contribution in [-0.4, -0.2) is 24.7 Å². The summed E-state index contributed by atoms with van der Waals surface area (Å²) in [4.78, 5) is 11.9. The molecule has 0 aromatic heterocycles. The summed E-state index contributed by atoms with van der Waals surface area (Å²) in [7, 11) is 0. The number of alkyl carbamates (subject to hydrolysis) is 1. The van der Waals surface area contributed by atoms with Crippen molar-refractivity contribution >= 4 is 6.09 Å². The Bertz CT molecular complexity index is 406. The molecule has 1 aromatic rings. The lowest BCUT2D eigenvalue weighted by Gasteiger charge is -2.32. The molecule has 1 saturated carbocycles. The molecule has 0 spiro atoms. The Morgan fingerprint density at radius 1 is 1.20 bits per heavy atom. The second-order valence-electron chi connectivity index (χ2n) is 5.26. The predicted molar refractivity (Wildman–Crippen MR) is 79.5 cm³/mol. The first-order chi connectivity index (χ1) is 9.79. The number of carbonyl (C=O) groups is 1. The van der Waals surface area contributed by atoms with Crippen molar-refractivity contribution in [2.45, 2.75) is 51.3 Å². The lowest BCUT2D eigenvalue weighted by molar-refractivity contribution is 0.129. The molecule has 0 bridgehead atoms. The number of amides is 1. The highest BCUT2D eigenvalue weighted by Crippen LogP contribution is 2.18. The van der Waals surface area contributed by atoms with Crippen molar-refractivity contribution in [3.63, 3.8) is 0 Å². The van der Waals surface area contributed by atoms with E-state index in [1.807, 2.05) is 30.3 Å². The molecule has 1 aliphatic carbocycles. The Balaban J connectivity index is 1.78. The van der Waals surface area contributed by atoms with E-state index in [1.54, 1.807) is 0 Å². The van der Waals surface area contributed by atoms with Gasteiger partial charge in [-0.05, 0) is 24.9 Å². The summed E-state index contributed by atoms with van der Waals surface area (Å²) >= 11 is 0. The number of carbonyl (C=O) groups excluding carboxylic acids is 1. The SMILES string of the molecule is CCN[C@@H]1CCCC[C@@H]1NC(=O)OCc1ccccc1. The molecule has 2 atom stereocenters. The minimum atomic E-state index is -0.316. The van der Waals surface area contributed by atoms with Crippen LogP contribution in [0.3, 0.4) is 0 Å². The van der Waals surface area contributed by atoms with Crippen LogP contribution in [0.15, 0.2) is 30.3 Å². The summed E-state index contributed by atoms with van der Waals surface area (Å²) in [6.07, 6.45) is 4.24. The van der Waals surface area contributed by atoms with Gasteiger partial charge in [0.2, 0.25) is 0 Å². The van der Waals surface area contributed by atoms with Gasteiger partial charge in [-0.3, -0.25) is 0 Å². The van der Waals surface area contributed by atoms with Gasteiger partial charge in [0.05, 0.1) is 0 Å². The van der Waals surface area contributed by atoms with Gasteiger partial charge in [0, 0.05) is 12.1 Å². The molecule has 0 unspecified atom stereocenters. The predicted octanol–water partition coefficient (Wildman–Crippen LogP) is 2.83. The van der Waals surface area contributed by atoms with Gasteiger partial charge >= 0.3 is 6.09 Å². The molecule has 4 heteroatoms. The van der Waals surface area contributed by atoms with E-state index in [1.165, 1.54) is 12.8 Å². The molecule has 0 heterocycles. The minimum absolute atomic E-state index is 0.187. The number of nitrogens with one attached hydrogen (secondary N) is 2. The van der Waals surface area contributed by atoms with Crippen LogP contribution in [0, 0.1) is 0 Å². The second-order valence-corrected chi connectivity index (χ2v) is 5.26. The molecule has 1 aliphatic rings. The third-order valence-corrected chi connectivity index (χ3v) is 3.75. The van der Waals surface area contributed by atoms with E-state index in [2.05, 4.69) is 17.6 Å². The Kier molecular flexibility index (Phi) is 5.87. The first-order valence-corrected chi connectivity index (χ1v) is 7.50. The Morgan fingerprint density at radius 2 is 1.90 bits per heavy atom. The molecule has 4 nitrogen and oxygen atoms in total. The molecule has 1 fully saturated rings. The number of rotatable bonds is 5. The molecule has 2 N–H and O–H groups in total. The summed E-state index contributed by atoms with van der Waals surface area (Å²) in [6, 6.07) is 10.3. The summed E-state index contributed by atoms with van der Waals surface area (Å²) in [5.74, 6) is 0. The van der Waals surface area contributed by atoms with Gasteiger partial charge in [0.25, 0.3) is 0 Å². The van der Waals surface area contributed by atoms with Crippen LogP contribution in [-0.2, 0) is 11.3 Å². The normalized spacial score (nSPS) is 22.2. The van der Waals surface area contributed by atoms with Crippen LogP contribution in [0.1, 0.15) is 38.2 Å². The van der Waals surface area contributed by atoms with Crippen LogP contribution < -0.4 is 10.6 Å². The Morgan fingerprint density at radius 3 is 2.60 bits per heavy atom. The summed E-state index contributed by atoms with van der Waals surface area (Å²) < 4.78 is 5.28. The average molecular weight is 276 g/mol. The fraction of sp³-hybridized carbons (Fsp3) is 0.562. The van der Waals surface area contributed by atoms with Gasteiger partial charge in [0.15, 0.2) is 0 Å². The second kappa shape index (κ2) is 7.90. The number of hydrogen-bond donors (Lipinski definition) is 2. The zero-order chi connectivity index (χ0) is 14.2. The van der Waals surface area contributed by atoms with Crippen molar-refractivity contribution < 1.29 is 9.53 Å². The fourth-order valence-corrected chi connectivity index (χ4v) is 2.73. The molecule has 0 radical (unpaired) electrons. The standard InChI is InChI=1S/C16H24N2O2/c1-2-17-14-10-6-7-11-15(14)18-16(19)20-12-13-8-4-3-5-9-13/h3-5,8-9,14-15,17H,2,6-7,10-12H2,1H3,(H,18,19)/t14-,15+/m1/s1. The summed E-state index contributed by atoms with van der Waals surface area (Å²) in [5.41, 5.74) is 1.01. The van der Waals surface area contributed by atoms with Gasteiger partial charge in [-0.1, -0.05) is 50.1 Å². The van der Waals surface area contributed by atoms with Gasteiger partial charge in [0.1, 0.15) is 6.61 Å². The molecule has 0 aliphatic heterocycles. The maximum Gasteiger partial charge on any atom is 0.407 e. The van der Waals surface area contributed by atoms with Crippen LogP contribution in [0.25, 0.3) is 0 Å². The van der Waals surface area contributed by atoms with Crippen LogP contribution >= 0.6 is 0 Å². The molecule has 1 aromatic carbocycles. The highest BCUT2D eigenvalue weighted by atomic mass is 16.5. The monoisotopic (exact) mass is 276 g/mol. The van der Waals surface area contributed by atoms with Crippen molar-refractivity contribution in [2.75, 3.05) is 6.54 Å². The van der Waals surface area contributed by atoms with Crippen LogP contribution in [0.4, 0.5) is 4.79 Å². The van der Waals surface area contributed by atoms with E-state index in [0.29, 0.717) is 12.6 Å². The first kappa shape index (κ1) is 14.9. The quantitative estimate of drug-likeness (QED) is 0.869. The lowest BCUT2D eigenvalue weighted by Crippen LogP contribution is -2.51.